The molecule has 2 aliphatic rings. The number of nitrogens with one attached hydrogen (secondary N) is 1. The van der Waals surface area contributed by atoms with Gasteiger partial charge in [-0.1, -0.05) is 13.0 Å². The third kappa shape index (κ3) is 3.16. The molecule has 0 amide bonds. The smallest absolute Gasteiger partial charge is 0.161 e. The Balaban J connectivity index is 1.87. The van der Waals surface area contributed by atoms with Gasteiger partial charge in [0, 0.05) is 6.04 Å². The van der Waals surface area contributed by atoms with Gasteiger partial charge in [0.25, 0.3) is 0 Å². The summed E-state index contributed by atoms with van der Waals surface area (Å²) < 4.78 is 34.6. The molecule has 116 valence electrons. The quantitative estimate of drug-likeness (QED) is 0.914. The van der Waals surface area contributed by atoms with Gasteiger partial charge in [0.2, 0.25) is 0 Å². The predicted octanol–water partition coefficient (Wildman–Crippen LogP) is 1.54. The van der Waals surface area contributed by atoms with Gasteiger partial charge >= 0.3 is 0 Å². The van der Waals surface area contributed by atoms with E-state index in [0.29, 0.717) is 25.4 Å². The van der Waals surface area contributed by atoms with E-state index in [9.17, 15) is 8.42 Å². The zero-order chi connectivity index (χ0) is 14.9. The molecule has 0 radical (unpaired) electrons. The number of ether oxygens (including phenoxy) is 2. The topological polar surface area (TPSA) is 64.6 Å². The fourth-order valence-electron chi connectivity index (χ4n) is 3.12. The van der Waals surface area contributed by atoms with Crippen LogP contribution in [0.1, 0.15) is 24.9 Å². The summed E-state index contributed by atoms with van der Waals surface area (Å²) in [6.07, 6.45) is 0.717. The Hall–Kier alpha value is -1.27. The van der Waals surface area contributed by atoms with Crippen LogP contribution in [0, 0.1) is 5.92 Å². The van der Waals surface area contributed by atoms with E-state index in [4.69, 9.17) is 9.47 Å². The van der Waals surface area contributed by atoms with Gasteiger partial charge < -0.3 is 14.8 Å². The molecule has 2 heterocycles. The first kappa shape index (κ1) is 14.7. The second kappa shape index (κ2) is 5.85. The Morgan fingerprint density at radius 3 is 2.71 bits per heavy atom. The zero-order valence-electron chi connectivity index (χ0n) is 12.2. The van der Waals surface area contributed by atoms with Gasteiger partial charge in [0.1, 0.15) is 13.2 Å². The Morgan fingerprint density at radius 2 is 2.05 bits per heavy atom. The standard InChI is InChI=1S/C15H21NO4S/c1-2-16-15(12-5-8-21(17,18)10-12)11-3-4-13-14(9-11)20-7-6-19-13/h3-4,9,12,15-16H,2,5-8,10H2,1H3. The van der Waals surface area contributed by atoms with Crippen LogP contribution in [0.4, 0.5) is 0 Å². The van der Waals surface area contributed by atoms with Crippen LogP contribution >= 0.6 is 0 Å². The van der Waals surface area contributed by atoms with Crippen LogP contribution in [0.25, 0.3) is 0 Å². The van der Waals surface area contributed by atoms with E-state index in [1.165, 1.54) is 0 Å². The molecule has 1 aromatic rings. The van der Waals surface area contributed by atoms with Crippen LogP contribution in [0.15, 0.2) is 18.2 Å². The van der Waals surface area contributed by atoms with E-state index in [-0.39, 0.29) is 17.7 Å². The van der Waals surface area contributed by atoms with Crippen molar-refractivity contribution in [2.75, 3.05) is 31.3 Å². The van der Waals surface area contributed by atoms with Crippen LogP contribution < -0.4 is 14.8 Å². The molecule has 0 aliphatic carbocycles. The summed E-state index contributed by atoms with van der Waals surface area (Å²) >= 11 is 0. The number of rotatable bonds is 4. The molecular weight excluding hydrogens is 290 g/mol. The largest absolute Gasteiger partial charge is 0.486 e. The lowest BCUT2D eigenvalue weighted by molar-refractivity contribution is 0.171. The molecule has 0 spiro atoms. The first-order valence-electron chi connectivity index (χ1n) is 7.42. The molecule has 1 aromatic carbocycles. The fraction of sp³-hybridized carbons (Fsp3) is 0.600. The number of hydrogen-bond acceptors (Lipinski definition) is 5. The van der Waals surface area contributed by atoms with Crippen LogP contribution in [0.2, 0.25) is 0 Å². The molecule has 2 unspecified atom stereocenters. The highest BCUT2D eigenvalue weighted by Gasteiger charge is 2.34. The Morgan fingerprint density at radius 1 is 1.29 bits per heavy atom. The van der Waals surface area contributed by atoms with Gasteiger partial charge in [-0.25, -0.2) is 8.42 Å². The maximum Gasteiger partial charge on any atom is 0.161 e. The Kier molecular flexibility index (Phi) is 4.08. The molecule has 3 rings (SSSR count). The summed E-state index contributed by atoms with van der Waals surface area (Å²) in [7, 11) is -2.88. The van der Waals surface area contributed by atoms with Crippen molar-refractivity contribution in [3.63, 3.8) is 0 Å². The molecule has 1 saturated heterocycles. The van der Waals surface area contributed by atoms with E-state index in [0.717, 1.165) is 23.6 Å². The molecule has 0 bridgehead atoms. The fourth-order valence-corrected chi connectivity index (χ4v) is 4.96. The lowest BCUT2D eigenvalue weighted by atomic mass is 9.92. The third-order valence-electron chi connectivity index (χ3n) is 4.09. The summed E-state index contributed by atoms with van der Waals surface area (Å²) in [5, 5.41) is 3.42. The molecular formula is C15H21NO4S. The SMILES string of the molecule is CCNC(c1ccc2c(c1)OCCO2)C1CCS(=O)(=O)C1. The molecule has 2 atom stereocenters. The van der Waals surface area contributed by atoms with Crippen LogP contribution in [0.3, 0.4) is 0 Å². The second-order valence-corrected chi connectivity index (χ2v) is 7.83. The maximum atomic E-state index is 11.7. The Labute approximate surface area is 125 Å². The number of fused-ring (bicyclic) bond motifs is 1. The van der Waals surface area contributed by atoms with Crippen LogP contribution in [-0.2, 0) is 9.84 Å². The normalized spacial score (nSPS) is 24.7. The molecule has 0 aromatic heterocycles. The van der Waals surface area contributed by atoms with Crippen LogP contribution in [0.5, 0.6) is 11.5 Å². The van der Waals surface area contributed by atoms with E-state index in [1.54, 1.807) is 0 Å². The highest BCUT2D eigenvalue weighted by molar-refractivity contribution is 7.91. The highest BCUT2D eigenvalue weighted by atomic mass is 32.2. The molecule has 0 saturated carbocycles. The molecule has 6 heteroatoms. The molecule has 1 fully saturated rings. The Bertz CT molecular complexity index is 614. The van der Waals surface area contributed by atoms with Crippen molar-refractivity contribution in [3.05, 3.63) is 23.8 Å². The van der Waals surface area contributed by atoms with Crippen LogP contribution in [-0.4, -0.2) is 39.7 Å². The van der Waals surface area contributed by atoms with E-state index in [1.807, 2.05) is 25.1 Å². The minimum absolute atomic E-state index is 0.0445. The average molecular weight is 311 g/mol. The summed E-state index contributed by atoms with van der Waals surface area (Å²) in [5.74, 6) is 2.20. The van der Waals surface area contributed by atoms with E-state index >= 15 is 0 Å². The van der Waals surface area contributed by atoms with Crippen molar-refractivity contribution < 1.29 is 17.9 Å². The monoisotopic (exact) mass is 311 g/mol. The minimum atomic E-state index is -2.88. The summed E-state index contributed by atoms with van der Waals surface area (Å²) in [4.78, 5) is 0. The second-order valence-electron chi connectivity index (χ2n) is 5.60. The first-order valence-corrected chi connectivity index (χ1v) is 9.24. The molecule has 21 heavy (non-hydrogen) atoms. The van der Waals surface area contributed by atoms with Crippen molar-refractivity contribution in [2.45, 2.75) is 19.4 Å². The lowest BCUT2D eigenvalue weighted by Crippen LogP contribution is -2.29. The van der Waals surface area contributed by atoms with Gasteiger partial charge in [0.15, 0.2) is 21.3 Å². The van der Waals surface area contributed by atoms with E-state index < -0.39 is 9.84 Å². The average Bonchev–Trinajstić information content (AvgIpc) is 2.84. The summed E-state index contributed by atoms with van der Waals surface area (Å²) in [6.45, 7) is 3.97. The highest BCUT2D eigenvalue weighted by Crippen LogP contribution is 2.37. The maximum absolute atomic E-state index is 11.7. The van der Waals surface area contributed by atoms with Gasteiger partial charge in [-0.2, -0.15) is 0 Å². The number of hydrogen-bond donors (Lipinski definition) is 1. The first-order chi connectivity index (χ1) is 10.1. The van der Waals surface area contributed by atoms with Crippen molar-refractivity contribution >= 4 is 9.84 Å². The molecule has 5 nitrogen and oxygen atoms in total. The molecule has 1 N–H and O–H groups in total. The van der Waals surface area contributed by atoms with Crippen molar-refractivity contribution in [2.24, 2.45) is 5.92 Å². The molecule has 2 aliphatic heterocycles. The number of sulfone groups is 1. The zero-order valence-corrected chi connectivity index (χ0v) is 13.0. The third-order valence-corrected chi connectivity index (χ3v) is 5.88. The number of benzene rings is 1. The summed E-state index contributed by atoms with van der Waals surface area (Å²) in [5.41, 5.74) is 1.07. The van der Waals surface area contributed by atoms with Gasteiger partial charge in [0.05, 0.1) is 11.5 Å². The summed E-state index contributed by atoms with van der Waals surface area (Å²) in [6, 6.07) is 5.94. The van der Waals surface area contributed by atoms with E-state index in [2.05, 4.69) is 5.32 Å². The minimum Gasteiger partial charge on any atom is -0.486 e. The van der Waals surface area contributed by atoms with Crippen molar-refractivity contribution in [1.82, 2.24) is 5.32 Å². The van der Waals surface area contributed by atoms with Gasteiger partial charge in [-0.3, -0.25) is 0 Å². The van der Waals surface area contributed by atoms with Gasteiger partial charge in [-0.05, 0) is 36.6 Å². The predicted molar refractivity (Wildman–Crippen MR) is 80.6 cm³/mol. The van der Waals surface area contributed by atoms with Crippen molar-refractivity contribution in [1.29, 1.82) is 0 Å². The lowest BCUT2D eigenvalue weighted by Gasteiger charge is -2.26. The van der Waals surface area contributed by atoms with Crippen molar-refractivity contribution in [3.8, 4) is 11.5 Å². The van der Waals surface area contributed by atoms with Gasteiger partial charge in [-0.15, -0.1) is 0 Å².